The second-order valence-electron chi connectivity index (χ2n) is 4.78. The van der Waals surface area contributed by atoms with Gasteiger partial charge in [-0.3, -0.25) is 4.68 Å². The maximum absolute atomic E-state index is 6.30. The van der Waals surface area contributed by atoms with E-state index in [4.69, 9.17) is 23.2 Å². The molecule has 0 radical (unpaired) electrons. The Bertz CT molecular complexity index is 599. The molecular formula is C14H15Cl2N3. The average Bonchev–Trinajstić information content (AvgIpc) is 2.57. The van der Waals surface area contributed by atoms with Crippen LogP contribution in [-0.2, 0) is 13.5 Å². The molecule has 1 aromatic heterocycles. The molecule has 100 valence electrons. The van der Waals surface area contributed by atoms with E-state index in [0.29, 0.717) is 10.0 Å². The Morgan fingerprint density at radius 3 is 2.68 bits per heavy atom. The Labute approximate surface area is 122 Å². The van der Waals surface area contributed by atoms with Crippen LogP contribution in [0.15, 0.2) is 18.2 Å². The largest absolute Gasteiger partial charge is 0.370 e. The molecule has 0 spiro atoms. The van der Waals surface area contributed by atoms with Gasteiger partial charge in [0.15, 0.2) is 0 Å². The van der Waals surface area contributed by atoms with Crippen LogP contribution in [0.5, 0.6) is 0 Å². The highest BCUT2D eigenvalue weighted by Crippen LogP contribution is 2.39. The van der Waals surface area contributed by atoms with E-state index >= 15 is 0 Å². The Hall–Kier alpha value is -1.19. The smallest absolute Gasteiger partial charge is 0.127 e. The van der Waals surface area contributed by atoms with E-state index in [1.165, 1.54) is 12.0 Å². The first kappa shape index (κ1) is 12.8. The van der Waals surface area contributed by atoms with Crippen LogP contribution in [0.4, 0.5) is 5.82 Å². The highest BCUT2D eigenvalue weighted by molar-refractivity contribution is 6.39. The van der Waals surface area contributed by atoms with Gasteiger partial charge in [0.25, 0.3) is 0 Å². The van der Waals surface area contributed by atoms with Gasteiger partial charge in [-0.15, -0.1) is 0 Å². The number of rotatable bonds is 1. The number of aryl methyl sites for hydroxylation is 1. The minimum Gasteiger partial charge on any atom is -0.370 e. The lowest BCUT2D eigenvalue weighted by Crippen LogP contribution is -2.04. The Balaban J connectivity index is 2.21. The van der Waals surface area contributed by atoms with E-state index in [9.17, 15) is 0 Å². The monoisotopic (exact) mass is 295 g/mol. The molecule has 1 aromatic carbocycles. The maximum atomic E-state index is 6.30. The van der Waals surface area contributed by atoms with E-state index in [0.717, 1.165) is 36.5 Å². The zero-order chi connectivity index (χ0) is 13.4. The molecule has 0 atom stereocenters. The molecule has 0 saturated heterocycles. The highest BCUT2D eigenvalue weighted by atomic mass is 35.5. The molecule has 1 aliphatic rings. The summed E-state index contributed by atoms with van der Waals surface area (Å²) in [5, 5.41) is 9.35. The first-order chi connectivity index (χ1) is 9.18. The lowest BCUT2D eigenvalue weighted by atomic mass is 10.0. The van der Waals surface area contributed by atoms with Gasteiger partial charge in [-0.05, 0) is 31.4 Å². The van der Waals surface area contributed by atoms with Gasteiger partial charge in [0.05, 0.1) is 10.0 Å². The zero-order valence-electron chi connectivity index (χ0n) is 10.7. The van der Waals surface area contributed by atoms with Gasteiger partial charge >= 0.3 is 0 Å². The van der Waals surface area contributed by atoms with Crippen molar-refractivity contribution >= 4 is 29.0 Å². The van der Waals surface area contributed by atoms with Crippen LogP contribution in [0.3, 0.4) is 0 Å². The first-order valence-corrected chi connectivity index (χ1v) is 7.18. The fourth-order valence-corrected chi connectivity index (χ4v) is 3.16. The SMILES string of the molecule is Cn1nc(-c2c(Cl)cccc2Cl)c2c1NCCCC2. The number of benzene rings is 1. The highest BCUT2D eigenvalue weighted by Gasteiger charge is 2.22. The quantitative estimate of drug-likeness (QED) is 0.857. The van der Waals surface area contributed by atoms with Crippen LogP contribution in [0.25, 0.3) is 11.3 Å². The summed E-state index contributed by atoms with van der Waals surface area (Å²) < 4.78 is 1.88. The van der Waals surface area contributed by atoms with Crippen molar-refractivity contribution in [2.75, 3.05) is 11.9 Å². The molecule has 0 fully saturated rings. The standard InChI is InChI=1S/C14H15Cl2N3/c1-19-14-9(5-2-3-8-17-14)13(18-19)12-10(15)6-4-7-11(12)16/h4,6-7,17H,2-3,5,8H2,1H3. The molecular weight excluding hydrogens is 281 g/mol. The van der Waals surface area contributed by atoms with E-state index in [1.54, 1.807) is 0 Å². The fraction of sp³-hybridized carbons (Fsp3) is 0.357. The topological polar surface area (TPSA) is 29.9 Å². The summed E-state index contributed by atoms with van der Waals surface area (Å²) in [6.45, 7) is 0.988. The molecule has 1 N–H and O–H groups in total. The number of anilines is 1. The molecule has 0 unspecified atom stereocenters. The van der Waals surface area contributed by atoms with E-state index in [2.05, 4.69) is 10.4 Å². The summed E-state index contributed by atoms with van der Waals surface area (Å²) in [5.74, 6) is 1.09. The lowest BCUT2D eigenvalue weighted by molar-refractivity contribution is 0.757. The number of halogens is 2. The predicted octanol–water partition coefficient (Wildman–Crippen LogP) is 4.14. The van der Waals surface area contributed by atoms with Crippen molar-refractivity contribution in [3.8, 4) is 11.3 Å². The minimum absolute atomic E-state index is 0.651. The van der Waals surface area contributed by atoms with E-state index in [-0.39, 0.29) is 0 Å². The predicted molar refractivity (Wildman–Crippen MR) is 80.1 cm³/mol. The summed E-state index contributed by atoms with van der Waals surface area (Å²) >= 11 is 12.6. The zero-order valence-corrected chi connectivity index (χ0v) is 12.2. The molecule has 5 heteroatoms. The van der Waals surface area contributed by atoms with Crippen LogP contribution in [0.1, 0.15) is 18.4 Å². The third kappa shape index (κ3) is 2.21. The number of hydrogen-bond acceptors (Lipinski definition) is 2. The van der Waals surface area contributed by atoms with Crippen molar-refractivity contribution in [2.24, 2.45) is 7.05 Å². The molecule has 2 heterocycles. The Morgan fingerprint density at radius 2 is 1.95 bits per heavy atom. The van der Waals surface area contributed by atoms with Gasteiger partial charge in [0.1, 0.15) is 11.5 Å². The van der Waals surface area contributed by atoms with Crippen molar-refractivity contribution in [3.63, 3.8) is 0 Å². The summed E-state index contributed by atoms with van der Waals surface area (Å²) in [6.07, 6.45) is 3.33. The van der Waals surface area contributed by atoms with Crippen LogP contribution in [0.2, 0.25) is 10.0 Å². The summed E-state index contributed by atoms with van der Waals surface area (Å²) in [4.78, 5) is 0. The molecule has 2 aromatic rings. The van der Waals surface area contributed by atoms with Crippen LogP contribution < -0.4 is 5.32 Å². The lowest BCUT2D eigenvalue weighted by Gasteiger charge is -2.06. The molecule has 0 bridgehead atoms. The first-order valence-electron chi connectivity index (χ1n) is 6.42. The van der Waals surface area contributed by atoms with Crippen LogP contribution >= 0.6 is 23.2 Å². The van der Waals surface area contributed by atoms with Crippen molar-refractivity contribution in [1.29, 1.82) is 0 Å². The molecule has 0 aliphatic carbocycles. The number of aromatic nitrogens is 2. The minimum atomic E-state index is 0.651. The number of nitrogens with one attached hydrogen (secondary N) is 1. The third-order valence-corrected chi connectivity index (χ3v) is 4.12. The number of fused-ring (bicyclic) bond motifs is 1. The number of nitrogens with zero attached hydrogens (tertiary/aromatic N) is 2. The van der Waals surface area contributed by atoms with Gasteiger partial charge in [0, 0.05) is 24.7 Å². The molecule has 0 amide bonds. The molecule has 19 heavy (non-hydrogen) atoms. The van der Waals surface area contributed by atoms with Crippen molar-refractivity contribution in [2.45, 2.75) is 19.3 Å². The Kier molecular flexibility index (Phi) is 3.42. The second-order valence-corrected chi connectivity index (χ2v) is 5.59. The second kappa shape index (κ2) is 5.06. The Morgan fingerprint density at radius 1 is 1.21 bits per heavy atom. The van der Waals surface area contributed by atoms with Gasteiger partial charge in [-0.2, -0.15) is 5.10 Å². The summed E-state index contributed by atoms with van der Waals surface area (Å²) in [6, 6.07) is 5.57. The van der Waals surface area contributed by atoms with Crippen LogP contribution in [0, 0.1) is 0 Å². The molecule has 0 saturated carbocycles. The van der Waals surface area contributed by atoms with Crippen LogP contribution in [-0.4, -0.2) is 16.3 Å². The molecule has 3 rings (SSSR count). The normalized spacial score (nSPS) is 14.7. The third-order valence-electron chi connectivity index (χ3n) is 3.49. The summed E-state index contributed by atoms with van der Waals surface area (Å²) in [7, 11) is 1.95. The van der Waals surface area contributed by atoms with Crippen molar-refractivity contribution in [3.05, 3.63) is 33.8 Å². The van der Waals surface area contributed by atoms with E-state index in [1.807, 2.05) is 29.9 Å². The van der Waals surface area contributed by atoms with Gasteiger partial charge in [-0.1, -0.05) is 29.3 Å². The molecule has 3 nitrogen and oxygen atoms in total. The summed E-state index contributed by atoms with van der Waals surface area (Å²) in [5.41, 5.74) is 2.96. The van der Waals surface area contributed by atoms with Crippen molar-refractivity contribution < 1.29 is 0 Å². The average molecular weight is 296 g/mol. The van der Waals surface area contributed by atoms with E-state index < -0.39 is 0 Å². The van der Waals surface area contributed by atoms with Gasteiger partial charge in [-0.25, -0.2) is 0 Å². The van der Waals surface area contributed by atoms with Gasteiger partial charge < -0.3 is 5.32 Å². The van der Waals surface area contributed by atoms with Gasteiger partial charge in [0.2, 0.25) is 0 Å². The van der Waals surface area contributed by atoms with Crippen molar-refractivity contribution in [1.82, 2.24) is 9.78 Å². The maximum Gasteiger partial charge on any atom is 0.127 e. The molecule has 1 aliphatic heterocycles. The number of hydrogen-bond donors (Lipinski definition) is 1. The fourth-order valence-electron chi connectivity index (χ4n) is 2.58.